The normalized spacial score (nSPS) is 18.8. The number of esters is 1. The average Bonchev–Trinajstić information content (AvgIpc) is 2.72. The summed E-state index contributed by atoms with van der Waals surface area (Å²) in [5.41, 5.74) is 3.63. The highest BCUT2D eigenvalue weighted by Gasteiger charge is 2.40. The molecule has 1 aliphatic rings. The van der Waals surface area contributed by atoms with E-state index in [2.05, 4.69) is 0 Å². The molecule has 0 fully saturated rings. The summed E-state index contributed by atoms with van der Waals surface area (Å²) >= 11 is 0. The van der Waals surface area contributed by atoms with Crippen LogP contribution in [0.5, 0.6) is 11.5 Å². The van der Waals surface area contributed by atoms with Crippen LogP contribution in [-0.2, 0) is 14.3 Å². The van der Waals surface area contributed by atoms with Crippen LogP contribution >= 0.6 is 0 Å². The number of aryl methyl sites for hydroxylation is 1. The maximum atomic E-state index is 13.1. The van der Waals surface area contributed by atoms with Crippen LogP contribution in [0.3, 0.4) is 0 Å². The number of methoxy groups -OCH3 is 2. The Labute approximate surface area is 171 Å². The fraction of sp³-hybridized carbons (Fsp3) is 0.333. The summed E-state index contributed by atoms with van der Waals surface area (Å²) in [6.07, 6.45) is 2.06. The zero-order chi connectivity index (χ0) is 21.0. The van der Waals surface area contributed by atoms with Crippen LogP contribution in [0.2, 0.25) is 0 Å². The molecule has 152 valence electrons. The number of carbonyl (C=O) groups excluding carboxylic acids is 2. The first-order chi connectivity index (χ1) is 14.0. The Kier molecular flexibility index (Phi) is 6.37. The molecule has 2 aromatic rings. The minimum atomic E-state index is -0.850. The predicted molar refractivity (Wildman–Crippen MR) is 111 cm³/mol. The molecule has 0 saturated carbocycles. The molecule has 3 rings (SSSR count). The van der Waals surface area contributed by atoms with Gasteiger partial charge in [0.15, 0.2) is 5.78 Å². The highest BCUT2D eigenvalue weighted by Crippen LogP contribution is 2.43. The molecular formula is C24H26O5. The second kappa shape index (κ2) is 8.95. The number of carbonyl (C=O) groups is 2. The van der Waals surface area contributed by atoms with Gasteiger partial charge >= 0.3 is 5.97 Å². The van der Waals surface area contributed by atoms with Crippen LogP contribution in [0.1, 0.15) is 36.0 Å². The van der Waals surface area contributed by atoms with Crippen LogP contribution in [-0.4, -0.2) is 32.6 Å². The van der Waals surface area contributed by atoms with E-state index in [1.807, 2.05) is 49.4 Å². The van der Waals surface area contributed by atoms with Crippen LogP contribution in [0.25, 0.3) is 5.57 Å². The van der Waals surface area contributed by atoms with E-state index in [0.29, 0.717) is 17.9 Å². The van der Waals surface area contributed by atoms with E-state index in [1.165, 1.54) is 0 Å². The summed E-state index contributed by atoms with van der Waals surface area (Å²) < 4.78 is 16.1. The summed E-state index contributed by atoms with van der Waals surface area (Å²) in [5.74, 6) is -0.552. The Balaban J connectivity index is 2.09. The Morgan fingerprint density at radius 2 is 1.90 bits per heavy atom. The fourth-order valence-electron chi connectivity index (χ4n) is 3.85. The van der Waals surface area contributed by atoms with Crippen molar-refractivity contribution in [1.82, 2.24) is 0 Å². The Morgan fingerprint density at radius 3 is 2.55 bits per heavy atom. The van der Waals surface area contributed by atoms with Gasteiger partial charge < -0.3 is 14.2 Å². The van der Waals surface area contributed by atoms with Crippen molar-refractivity contribution in [3.8, 4) is 11.5 Å². The molecule has 0 unspecified atom stereocenters. The van der Waals surface area contributed by atoms with Crippen molar-refractivity contribution in [3.05, 3.63) is 65.2 Å². The maximum Gasteiger partial charge on any atom is 0.317 e. The van der Waals surface area contributed by atoms with Crippen molar-refractivity contribution < 1.29 is 23.8 Å². The molecule has 0 saturated heterocycles. The van der Waals surface area contributed by atoms with E-state index in [4.69, 9.17) is 14.2 Å². The van der Waals surface area contributed by atoms with Crippen molar-refractivity contribution in [3.63, 3.8) is 0 Å². The molecule has 0 aliphatic heterocycles. The topological polar surface area (TPSA) is 61.8 Å². The number of ketones is 1. The first-order valence-electron chi connectivity index (χ1n) is 9.68. The van der Waals surface area contributed by atoms with Crippen molar-refractivity contribution in [2.45, 2.75) is 26.2 Å². The fourth-order valence-corrected chi connectivity index (χ4v) is 3.85. The number of hydrogen-bond acceptors (Lipinski definition) is 5. The molecule has 2 aromatic carbocycles. The predicted octanol–water partition coefficient (Wildman–Crippen LogP) is 4.33. The highest BCUT2D eigenvalue weighted by atomic mass is 16.5. The van der Waals surface area contributed by atoms with Gasteiger partial charge in [0.25, 0.3) is 0 Å². The minimum Gasteiger partial charge on any atom is -0.497 e. The average molecular weight is 394 g/mol. The Morgan fingerprint density at radius 1 is 1.10 bits per heavy atom. The largest absolute Gasteiger partial charge is 0.497 e. The van der Waals surface area contributed by atoms with E-state index in [1.54, 1.807) is 27.2 Å². The lowest BCUT2D eigenvalue weighted by Crippen LogP contribution is -2.34. The lowest BCUT2D eigenvalue weighted by atomic mass is 9.73. The van der Waals surface area contributed by atoms with Crippen molar-refractivity contribution in [1.29, 1.82) is 0 Å². The first kappa shape index (κ1) is 20.6. The van der Waals surface area contributed by atoms with E-state index in [0.717, 1.165) is 22.3 Å². The third-order valence-corrected chi connectivity index (χ3v) is 5.23. The summed E-state index contributed by atoms with van der Waals surface area (Å²) in [5, 5.41) is 0. The molecule has 5 nitrogen and oxygen atoms in total. The van der Waals surface area contributed by atoms with Crippen LogP contribution < -0.4 is 9.47 Å². The standard InChI is InChI=1S/C24H26O5/c1-5-29-24(26)23-20(16-8-6-7-15(2)11-16)12-17(13-21(23)25)19-14-18(27-3)9-10-22(19)28-4/h6-11,13-14,20,23H,5,12H2,1-4H3/t20-,23-/m1/s1. The van der Waals surface area contributed by atoms with Gasteiger partial charge in [0.05, 0.1) is 20.8 Å². The molecule has 0 aromatic heterocycles. The van der Waals surface area contributed by atoms with Crippen LogP contribution in [0.4, 0.5) is 0 Å². The molecule has 1 aliphatic carbocycles. The van der Waals surface area contributed by atoms with E-state index >= 15 is 0 Å². The number of allylic oxidation sites excluding steroid dienone is 2. The zero-order valence-electron chi connectivity index (χ0n) is 17.2. The molecule has 29 heavy (non-hydrogen) atoms. The number of benzene rings is 2. The number of hydrogen-bond donors (Lipinski definition) is 0. The van der Waals surface area contributed by atoms with Gasteiger partial charge in [0, 0.05) is 11.5 Å². The molecule has 0 N–H and O–H groups in total. The van der Waals surface area contributed by atoms with Gasteiger partial charge in [-0.05, 0) is 55.7 Å². The molecule has 0 heterocycles. The lowest BCUT2D eigenvalue weighted by Gasteiger charge is -2.30. The van der Waals surface area contributed by atoms with Crippen molar-refractivity contribution in [2.24, 2.45) is 5.92 Å². The molecule has 0 amide bonds. The summed E-state index contributed by atoms with van der Waals surface area (Å²) in [6.45, 7) is 3.98. The Hall–Kier alpha value is -3.08. The second-order valence-electron chi connectivity index (χ2n) is 7.09. The van der Waals surface area contributed by atoms with Gasteiger partial charge in [0.1, 0.15) is 17.4 Å². The number of ether oxygens (including phenoxy) is 3. The smallest absolute Gasteiger partial charge is 0.317 e. The van der Waals surface area contributed by atoms with E-state index in [-0.39, 0.29) is 18.3 Å². The van der Waals surface area contributed by atoms with Crippen LogP contribution in [0, 0.1) is 12.8 Å². The van der Waals surface area contributed by atoms with Gasteiger partial charge in [-0.1, -0.05) is 29.8 Å². The highest BCUT2D eigenvalue weighted by molar-refractivity contribution is 6.11. The maximum absolute atomic E-state index is 13.1. The molecule has 0 spiro atoms. The van der Waals surface area contributed by atoms with Crippen molar-refractivity contribution >= 4 is 17.3 Å². The van der Waals surface area contributed by atoms with Gasteiger partial charge in [-0.15, -0.1) is 0 Å². The second-order valence-corrected chi connectivity index (χ2v) is 7.09. The lowest BCUT2D eigenvalue weighted by molar-refractivity contribution is -0.151. The monoisotopic (exact) mass is 394 g/mol. The third-order valence-electron chi connectivity index (χ3n) is 5.23. The summed E-state index contributed by atoms with van der Waals surface area (Å²) in [7, 11) is 3.19. The molecule has 2 atom stereocenters. The Bertz CT molecular complexity index is 944. The molecule has 5 heteroatoms. The molecule has 0 bridgehead atoms. The summed E-state index contributed by atoms with van der Waals surface area (Å²) in [6, 6.07) is 13.4. The van der Waals surface area contributed by atoms with Gasteiger partial charge in [-0.3, -0.25) is 9.59 Å². The van der Waals surface area contributed by atoms with E-state index < -0.39 is 11.9 Å². The van der Waals surface area contributed by atoms with Crippen LogP contribution in [0.15, 0.2) is 48.5 Å². The minimum absolute atomic E-state index is 0.240. The first-order valence-corrected chi connectivity index (χ1v) is 9.68. The van der Waals surface area contributed by atoms with Gasteiger partial charge in [0.2, 0.25) is 0 Å². The van der Waals surface area contributed by atoms with Gasteiger partial charge in [-0.25, -0.2) is 0 Å². The number of rotatable bonds is 6. The zero-order valence-corrected chi connectivity index (χ0v) is 17.2. The SMILES string of the molecule is CCOC(=O)[C@H]1C(=O)C=C(c2cc(OC)ccc2OC)C[C@@H]1c1cccc(C)c1. The van der Waals surface area contributed by atoms with E-state index in [9.17, 15) is 9.59 Å². The molecular weight excluding hydrogens is 368 g/mol. The molecule has 0 radical (unpaired) electrons. The van der Waals surface area contributed by atoms with Crippen molar-refractivity contribution in [2.75, 3.05) is 20.8 Å². The third kappa shape index (κ3) is 4.34. The summed E-state index contributed by atoms with van der Waals surface area (Å²) in [4.78, 5) is 25.7. The van der Waals surface area contributed by atoms with Gasteiger partial charge in [-0.2, -0.15) is 0 Å². The quantitative estimate of drug-likeness (QED) is 0.539.